The van der Waals surface area contributed by atoms with Crippen molar-refractivity contribution in [2.45, 2.75) is 26.4 Å². The van der Waals surface area contributed by atoms with Gasteiger partial charge in [-0.3, -0.25) is 4.48 Å². The molecule has 2 unspecified atom stereocenters. The van der Waals surface area contributed by atoms with E-state index in [1.54, 1.807) is 0 Å². The Labute approximate surface area is 80.5 Å². The fraction of sp³-hybridized carbons (Fsp3) is 0.700. The van der Waals surface area contributed by atoms with Crippen LogP contribution in [-0.2, 0) is 0 Å². The van der Waals surface area contributed by atoms with Crippen LogP contribution in [0.25, 0.3) is 0 Å². The van der Waals surface area contributed by atoms with Crippen LogP contribution in [0.5, 0.6) is 0 Å². The van der Waals surface area contributed by atoms with E-state index in [4.69, 9.17) is 5.26 Å². The quantitative estimate of drug-likeness (QED) is 0.486. The zero-order valence-corrected chi connectivity index (χ0v) is 8.70. The summed E-state index contributed by atoms with van der Waals surface area (Å²) in [6.45, 7) is 5.98. The second kappa shape index (κ2) is 3.80. The molecule has 0 amide bonds. The van der Waals surface area contributed by atoms with Crippen molar-refractivity contribution in [1.82, 2.24) is 4.90 Å². The van der Waals surface area contributed by atoms with E-state index in [1.165, 1.54) is 0 Å². The highest BCUT2D eigenvalue weighted by Gasteiger charge is 2.35. The molecule has 13 heavy (non-hydrogen) atoms. The van der Waals surface area contributed by atoms with Crippen molar-refractivity contribution < 1.29 is 4.48 Å². The van der Waals surface area contributed by atoms with Gasteiger partial charge in [0.25, 0.3) is 0 Å². The zero-order valence-electron chi connectivity index (χ0n) is 8.70. The summed E-state index contributed by atoms with van der Waals surface area (Å²) in [6.07, 6.45) is 5.79. The molecule has 0 aromatic heterocycles. The van der Waals surface area contributed by atoms with Gasteiger partial charge in [0, 0.05) is 13.5 Å². The number of hydrogen-bond acceptors (Lipinski definition) is 2. The molecule has 0 N–H and O–H groups in total. The molecule has 0 bridgehead atoms. The van der Waals surface area contributed by atoms with Gasteiger partial charge in [-0.2, -0.15) is 5.26 Å². The maximum Gasteiger partial charge on any atom is 0.172 e. The summed E-state index contributed by atoms with van der Waals surface area (Å²) >= 11 is 0. The fourth-order valence-corrected chi connectivity index (χ4v) is 1.68. The summed E-state index contributed by atoms with van der Waals surface area (Å²) < 4.78 is 0.719. The van der Waals surface area contributed by atoms with E-state index in [2.05, 4.69) is 44.3 Å². The predicted octanol–water partition coefficient (Wildman–Crippen LogP) is 1.50. The standard InChI is InChI=1S/C10H18N3/c1-4-6-12-7-9-13(3,8-5-11)10(12)2/h7,9-10H,4,6,8H2,1-3H3/q+1. The van der Waals surface area contributed by atoms with E-state index in [0.717, 1.165) is 17.4 Å². The third kappa shape index (κ3) is 1.84. The Bertz CT molecular complexity index is 241. The second-order valence-corrected chi connectivity index (χ2v) is 3.83. The van der Waals surface area contributed by atoms with E-state index in [9.17, 15) is 0 Å². The first-order valence-corrected chi connectivity index (χ1v) is 4.81. The van der Waals surface area contributed by atoms with Gasteiger partial charge < -0.3 is 4.90 Å². The van der Waals surface area contributed by atoms with Gasteiger partial charge in [0.15, 0.2) is 12.7 Å². The van der Waals surface area contributed by atoms with E-state index >= 15 is 0 Å². The number of nitriles is 1. The number of quaternary nitrogens is 1. The van der Waals surface area contributed by atoms with Gasteiger partial charge in [-0.05, 0) is 6.42 Å². The topological polar surface area (TPSA) is 27.0 Å². The van der Waals surface area contributed by atoms with Crippen LogP contribution in [0, 0.1) is 11.3 Å². The molecule has 2 atom stereocenters. The first kappa shape index (κ1) is 10.1. The first-order valence-electron chi connectivity index (χ1n) is 4.81. The summed E-state index contributed by atoms with van der Waals surface area (Å²) in [7, 11) is 2.10. The van der Waals surface area contributed by atoms with Crippen LogP contribution in [0.3, 0.4) is 0 Å². The molecular weight excluding hydrogens is 162 g/mol. The average molecular weight is 180 g/mol. The Morgan fingerprint density at radius 2 is 2.31 bits per heavy atom. The van der Waals surface area contributed by atoms with Crippen molar-refractivity contribution in [2.75, 3.05) is 20.1 Å². The SMILES string of the molecule is CCCN1C=C[N+](C)(CC#N)C1C. The minimum absolute atomic E-state index is 0.402. The van der Waals surface area contributed by atoms with E-state index in [-0.39, 0.29) is 0 Å². The first-order chi connectivity index (χ1) is 6.14. The van der Waals surface area contributed by atoms with Gasteiger partial charge in [-0.15, -0.1) is 0 Å². The van der Waals surface area contributed by atoms with Gasteiger partial charge in [0.1, 0.15) is 12.3 Å². The van der Waals surface area contributed by atoms with Crippen molar-refractivity contribution in [3.8, 4) is 6.07 Å². The summed E-state index contributed by atoms with van der Waals surface area (Å²) in [6, 6.07) is 2.24. The molecule has 0 saturated carbocycles. The summed E-state index contributed by atoms with van der Waals surface area (Å²) in [4.78, 5) is 2.30. The molecule has 0 radical (unpaired) electrons. The van der Waals surface area contributed by atoms with Gasteiger partial charge in [-0.1, -0.05) is 6.92 Å². The van der Waals surface area contributed by atoms with Crippen molar-refractivity contribution in [2.24, 2.45) is 0 Å². The molecule has 0 fully saturated rings. The lowest BCUT2D eigenvalue weighted by Gasteiger charge is -2.33. The lowest BCUT2D eigenvalue weighted by atomic mass is 10.3. The van der Waals surface area contributed by atoms with Gasteiger partial charge in [-0.25, -0.2) is 0 Å². The molecule has 0 aromatic rings. The van der Waals surface area contributed by atoms with Gasteiger partial charge in [0.05, 0.1) is 13.2 Å². The van der Waals surface area contributed by atoms with E-state index in [1.807, 2.05) is 0 Å². The highest BCUT2D eigenvalue weighted by molar-refractivity contribution is 4.88. The predicted molar refractivity (Wildman–Crippen MR) is 52.3 cm³/mol. The largest absolute Gasteiger partial charge is 0.324 e. The number of hydrogen-bond donors (Lipinski definition) is 0. The molecular formula is C10H18N3+. The molecule has 1 heterocycles. The minimum Gasteiger partial charge on any atom is -0.324 e. The Hall–Kier alpha value is -1.01. The van der Waals surface area contributed by atoms with E-state index in [0.29, 0.717) is 12.7 Å². The van der Waals surface area contributed by atoms with Gasteiger partial charge >= 0.3 is 0 Å². The highest BCUT2D eigenvalue weighted by atomic mass is 15.5. The summed E-state index contributed by atoms with van der Waals surface area (Å²) in [5, 5.41) is 8.71. The molecule has 1 aliphatic heterocycles. The second-order valence-electron chi connectivity index (χ2n) is 3.83. The average Bonchev–Trinajstić information content (AvgIpc) is 2.35. The molecule has 1 aliphatic rings. The fourth-order valence-electron chi connectivity index (χ4n) is 1.68. The third-order valence-electron chi connectivity index (χ3n) is 2.83. The maximum atomic E-state index is 8.71. The molecule has 3 heteroatoms. The number of rotatable bonds is 3. The van der Waals surface area contributed by atoms with Crippen molar-refractivity contribution in [3.05, 3.63) is 12.4 Å². The maximum absolute atomic E-state index is 8.71. The molecule has 0 aliphatic carbocycles. The van der Waals surface area contributed by atoms with Gasteiger partial charge in [0.2, 0.25) is 0 Å². The molecule has 72 valence electrons. The monoisotopic (exact) mass is 180 g/mol. The Kier molecular flexibility index (Phi) is 2.94. The van der Waals surface area contributed by atoms with E-state index < -0.39 is 0 Å². The smallest absolute Gasteiger partial charge is 0.172 e. The minimum atomic E-state index is 0.402. The van der Waals surface area contributed by atoms with Crippen molar-refractivity contribution in [1.29, 1.82) is 5.26 Å². The van der Waals surface area contributed by atoms with Crippen molar-refractivity contribution in [3.63, 3.8) is 0 Å². The molecule has 0 aromatic carbocycles. The van der Waals surface area contributed by atoms with Crippen LogP contribution >= 0.6 is 0 Å². The lowest BCUT2D eigenvalue weighted by molar-refractivity contribution is -0.879. The molecule has 0 spiro atoms. The normalized spacial score (nSPS) is 32.2. The van der Waals surface area contributed by atoms with Crippen LogP contribution in [-0.4, -0.2) is 35.7 Å². The third-order valence-corrected chi connectivity index (χ3v) is 2.83. The lowest BCUT2D eigenvalue weighted by Crippen LogP contribution is -2.49. The van der Waals surface area contributed by atoms with Crippen LogP contribution < -0.4 is 0 Å². The number of nitrogens with zero attached hydrogens (tertiary/aromatic N) is 3. The van der Waals surface area contributed by atoms with Crippen LogP contribution in [0.1, 0.15) is 20.3 Å². The molecule has 0 saturated heterocycles. The van der Waals surface area contributed by atoms with Crippen LogP contribution in [0.15, 0.2) is 12.4 Å². The van der Waals surface area contributed by atoms with Crippen molar-refractivity contribution >= 4 is 0 Å². The highest BCUT2D eigenvalue weighted by Crippen LogP contribution is 2.22. The summed E-state index contributed by atoms with van der Waals surface area (Å²) in [5.41, 5.74) is 0. The summed E-state index contributed by atoms with van der Waals surface area (Å²) in [5.74, 6) is 0. The Balaban J connectivity index is 2.65. The molecule has 3 nitrogen and oxygen atoms in total. The van der Waals surface area contributed by atoms with Crippen LogP contribution in [0.4, 0.5) is 0 Å². The Morgan fingerprint density at radius 1 is 1.62 bits per heavy atom. The molecule has 1 rings (SSSR count). The Morgan fingerprint density at radius 3 is 2.85 bits per heavy atom. The zero-order chi connectivity index (χ0) is 9.90. The van der Waals surface area contributed by atoms with Crippen LogP contribution in [0.2, 0.25) is 0 Å².